The molecule has 0 aromatic heterocycles. The topological polar surface area (TPSA) is 27.3 Å². The molecular formula is C19H19N3. The van der Waals surface area contributed by atoms with Gasteiger partial charge in [0.25, 0.3) is 0 Å². The van der Waals surface area contributed by atoms with Crippen molar-refractivity contribution >= 4 is 11.4 Å². The Morgan fingerprint density at radius 2 is 1.95 bits per heavy atom. The maximum Gasteiger partial charge on any atom is 0.131 e. The van der Waals surface area contributed by atoms with Crippen molar-refractivity contribution in [1.82, 2.24) is 5.32 Å². The number of nitrogens with zero attached hydrogens (tertiary/aromatic N) is 1. The molecule has 4 rings (SSSR count). The summed E-state index contributed by atoms with van der Waals surface area (Å²) < 4.78 is 0. The molecule has 0 fully saturated rings. The minimum Gasteiger partial charge on any atom is -0.368 e. The van der Waals surface area contributed by atoms with Crippen molar-refractivity contribution in [3.05, 3.63) is 83.7 Å². The van der Waals surface area contributed by atoms with Crippen LogP contribution in [0.4, 0.5) is 11.4 Å². The predicted octanol–water partition coefficient (Wildman–Crippen LogP) is 3.93. The first-order valence-electron chi connectivity index (χ1n) is 7.65. The first kappa shape index (κ1) is 13.0. The molecule has 22 heavy (non-hydrogen) atoms. The molecule has 0 bridgehead atoms. The van der Waals surface area contributed by atoms with E-state index in [9.17, 15) is 0 Å². The third kappa shape index (κ3) is 2.15. The Bertz CT molecular complexity index is 747. The van der Waals surface area contributed by atoms with E-state index >= 15 is 0 Å². The lowest BCUT2D eigenvalue weighted by Crippen LogP contribution is -2.35. The average molecular weight is 289 g/mol. The molecule has 2 aliphatic heterocycles. The fraction of sp³-hybridized carbons (Fsp3) is 0.158. The summed E-state index contributed by atoms with van der Waals surface area (Å²) in [5.41, 5.74) is 4.93. The van der Waals surface area contributed by atoms with Crippen molar-refractivity contribution in [2.75, 3.05) is 16.8 Å². The SMILES string of the molecule is Cc1ccc2c(c1)NC(c1ccccc1)N2C1=CC=CCN1. The first-order valence-corrected chi connectivity index (χ1v) is 7.65. The van der Waals surface area contributed by atoms with Gasteiger partial charge in [0, 0.05) is 6.54 Å². The van der Waals surface area contributed by atoms with Gasteiger partial charge < -0.3 is 15.5 Å². The average Bonchev–Trinajstić information content (AvgIpc) is 2.95. The van der Waals surface area contributed by atoms with Crippen LogP contribution in [0.25, 0.3) is 0 Å². The van der Waals surface area contributed by atoms with E-state index in [2.05, 4.69) is 89.2 Å². The zero-order valence-electron chi connectivity index (χ0n) is 12.6. The number of hydrogen-bond acceptors (Lipinski definition) is 3. The van der Waals surface area contributed by atoms with Gasteiger partial charge >= 0.3 is 0 Å². The molecule has 1 unspecified atom stereocenters. The van der Waals surface area contributed by atoms with E-state index < -0.39 is 0 Å². The number of aryl methyl sites for hydroxylation is 1. The molecule has 0 radical (unpaired) electrons. The van der Waals surface area contributed by atoms with Crippen LogP contribution in [0, 0.1) is 6.92 Å². The lowest BCUT2D eigenvalue weighted by Gasteiger charge is -2.30. The molecule has 2 N–H and O–H groups in total. The third-order valence-electron chi connectivity index (χ3n) is 4.13. The van der Waals surface area contributed by atoms with Crippen LogP contribution in [-0.2, 0) is 0 Å². The van der Waals surface area contributed by atoms with Crippen LogP contribution >= 0.6 is 0 Å². The minimum absolute atomic E-state index is 0.114. The van der Waals surface area contributed by atoms with Gasteiger partial charge in [0.15, 0.2) is 0 Å². The van der Waals surface area contributed by atoms with Crippen LogP contribution in [0.1, 0.15) is 17.3 Å². The first-order chi connectivity index (χ1) is 10.8. The van der Waals surface area contributed by atoms with E-state index in [0.717, 1.165) is 12.4 Å². The van der Waals surface area contributed by atoms with Gasteiger partial charge in [-0.1, -0.05) is 48.6 Å². The van der Waals surface area contributed by atoms with Crippen LogP contribution in [0.5, 0.6) is 0 Å². The third-order valence-corrected chi connectivity index (χ3v) is 4.13. The molecule has 0 spiro atoms. The maximum atomic E-state index is 3.66. The number of rotatable bonds is 2. The van der Waals surface area contributed by atoms with Gasteiger partial charge in [0.2, 0.25) is 0 Å². The largest absolute Gasteiger partial charge is 0.368 e. The van der Waals surface area contributed by atoms with Crippen molar-refractivity contribution in [2.24, 2.45) is 0 Å². The number of allylic oxidation sites excluding steroid dienone is 2. The summed E-state index contributed by atoms with van der Waals surface area (Å²) in [6, 6.07) is 17.1. The molecule has 2 aromatic rings. The van der Waals surface area contributed by atoms with Crippen LogP contribution in [-0.4, -0.2) is 6.54 Å². The number of hydrogen-bond donors (Lipinski definition) is 2. The molecule has 2 heterocycles. The lowest BCUT2D eigenvalue weighted by atomic mass is 10.1. The Morgan fingerprint density at radius 3 is 2.73 bits per heavy atom. The van der Waals surface area contributed by atoms with E-state index in [0.29, 0.717) is 0 Å². The van der Waals surface area contributed by atoms with E-state index in [1.165, 1.54) is 22.5 Å². The molecule has 1 atom stereocenters. The summed E-state index contributed by atoms with van der Waals surface area (Å²) in [7, 11) is 0. The van der Waals surface area contributed by atoms with Crippen molar-refractivity contribution in [2.45, 2.75) is 13.1 Å². The lowest BCUT2D eigenvalue weighted by molar-refractivity contribution is 0.720. The van der Waals surface area contributed by atoms with E-state index in [4.69, 9.17) is 0 Å². The minimum atomic E-state index is 0.114. The molecule has 0 saturated carbocycles. The Kier molecular flexibility index (Phi) is 3.11. The maximum absolute atomic E-state index is 3.66. The second-order valence-electron chi connectivity index (χ2n) is 5.71. The number of fused-ring (bicyclic) bond motifs is 1. The summed E-state index contributed by atoms with van der Waals surface area (Å²) >= 11 is 0. The van der Waals surface area contributed by atoms with Gasteiger partial charge in [0.1, 0.15) is 12.0 Å². The molecule has 0 saturated heterocycles. The van der Waals surface area contributed by atoms with Crippen molar-refractivity contribution in [3.63, 3.8) is 0 Å². The van der Waals surface area contributed by atoms with Gasteiger partial charge in [-0.05, 0) is 36.3 Å². The summed E-state index contributed by atoms with van der Waals surface area (Å²) in [6.07, 6.45) is 6.49. The summed E-state index contributed by atoms with van der Waals surface area (Å²) in [5.74, 6) is 1.13. The summed E-state index contributed by atoms with van der Waals surface area (Å²) in [6.45, 7) is 2.99. The summed E-state index contributed by atoms with van der Waals surface area (Å²) in [4.78, 5) is 2.34. The van der Waals surface area contributed by atoms with E-state index in [-0.39, 0.29) is 6.17 Å². The molecule has 110 valence electrons. The molecule has 3 heteroatoms. The highest BCUT2D eigenvalue weighted by Crippen LogP contribution is 2.43. The zero-order valence-corrected chi connectivity index (χ0v) is 12.6. The highest BCUT2D eigenvalue weighted by molar-refractivity contribution is 5.79. The van der Waals surface area contributed by atoms with Gasteiger partial charge in [0.05, 0.1) is 11.4 Å². The highest BCUT2D eigenvalue weighted by atomic mass is 15.4. The molecule has 3 nitrogen and oxygen atoms in total. The van der Waals surface area contributed by atoms with Crippen molar-refractivity contribution in [1.29, 1.82) is 0 Å². The Labute approximate surface area is 131 Å². The Hall–Kier alpha value is -2.68. The highest BCUT2D eigenvalue weighted by Gasteiger charge is 2.32. The van der Waals surface area contributed by atoms with Crippen LogP contribution in [0.15, 0.2) is 72.6 Å². The van der Waals surface area contributed by atoms with E-state index in [1.54, 1.807) is 0 Å². The Balaban J connectivity index is 1.81. The fourth-order valence-corrected chi connectivity index (χ4v) is 3.08. The van der Waals surface area contributed by atoms with Gasteiger partial charge in [-0.15, -0.1) is 0 Å². The fourth-order valence-electron chi connectivity index (χ4n) is 3.08. The number of anilines is 2. The number of benzene rings is 2. The standard InChI is InChI=1S/C19H19N3/c1-14-10-11-17-16(13-14)21-19(15-7-3-2-4-8-15)22(17)18-9-5-6-12-20-18/h2-11,13,19-21H,12H2,1H3. The normalized spacial score (nSPS) is 19.2. The van der Waals surface area contributed by atoms with Crippen molar-refractivity contribution in [3.8, 4) is 0 Å². The molecule has 0 amide bonds. The van der Waals surface area contributed by atoms with Crippen molar-refractivity contribution < 1.29 is 0 Å². The Morgan fingerprint density at radius 1 is 1.09 bits per heavy atom. The quantitative estimate of drug-likeness (QED) is 0.877. The molecular weight excluding hydrogens is 270 g/mol. The molecule has 0 aliphatic carbocycles. The van der Waals surface area contributed by atoms with Gasteiger partial charge in [-0.2, -0.15) is 0 Å². The van der Waals surface area contributed by atoms with E-state index in [1.807, 2.05) is 0 Å². The number of dihydropyridines is 1. The monoisotopic (exact) mass is 289 g/mol. The molecule has 2 aliphatic rings. The molecule has 2 aromatic carbocycles. The zero-order chi connectivity index (χ0) is 14.9. The van der Waals surface area contributed by atoms with Crippen LogP contribution < -0.4 is 15.5 Å². The van der Waals surface area contributed by atoms with Gasteiger partial charge in [-0.3, -0.25) is 0 Å². The van der Waals surface area contributed by atoms with Gasteiger partial charge in [-0.25, -0.2) is 0 Å². The summed E-state index contributed by atoms with van der Waals surface area (Å²) in [5, 5.41) is 7.14. The second-order valence-corrected chi connectivity index (χ2v) is 5.71. The second kappa shape index (κ2) is 5.26. The smallest absolute Gasteiger partial charge is 0.131 e. The predicted molar refractivity (Wildman–Crippen MR) is 91.7 cm³/mol. The number of nitrogens with one attached hydrogen (secondary N) is 2. The van der Waals surface area contributed by atoms with Crippen LogP contribution in [0.3, 0.4) is 0 Å². The van der Waals surface area contributed by atoms with Crippen LogP contribution in [0.2, 0.25) is 0 Å².